The monoisotopic (exact) mass is 403 g/mol. The van der Waals surface area contributed by atoms with Gasteiger partial charge in [0, 0.05) is 36.5 Å². The first-order valence-corrected chi connectivity index (χ1v) is 10.7. The quantitative estimate of drug-likeness (QED) is 0.653. The van der Waals surface area contributed by atoms with Crippen molar-refractivity contribution >= 4 is 5.91 Å². The molecule has 0 saturated carbocycles. The Morgan fingerprint density at radius 3 is 2.67 bits per heavy atom. The van der Waals surface area contributed by atoms with Gasteiger partial charge in [0.1, 0.15) is 0 Å². The Morgan fingerprint density at radius 2 is 1.90 bits per heavy atom. The van der Waals surface area contributed by atoms with Crippen LogP contribution in [0.15, 0.2) is 73.1 Å². The van der Waals surface area contributed by atoms with Crippen LogP contribution in [-0.2, 0) is 13.0 Å². The number of hydrogen-bond acceptors (Lipinski definition) is 3. The van der Waals surface area contributed by atoms with E-state index >= 15 is 0 Å². The van der Waals surface area contributed by atoms with Gasteiger partial charge in [0.25, 0.3) is 5.91 Å². The standard InChI is InChI=1S/C25H29N3O2/c29-20-25(13-11-21-7-2-1-3-8-21)12-5-15-27(19-25)24(30)23-10-4-9-22(17-23)18-28-16-6-14-26-28/h1-4,6-10,14,16-17,29H,5,11-13,15,18-20H2/t25-/m1/s1. The van der Waals surface area contributed by atoms with Crippen LogP contribution in [0, 0.1) is 5.41 Å². The molecule has 1 amide bonds. The number of rotatable bonds is 7. The Hall–Kier alpha value is -2.92. The van der Waals surface area contributed by atoms with Gasteiger partial charge >= 0.3 is 0 Å². The Labute approximate surface area is 178 Å². The van der Waals surface area contributed by atoms with Crippen LogP contribution in [0.3, 0.4) is 0 Å². The molecular weight excluding hydrogens is 374 g/mol. The molecule has 1 saturated heterocycles. The largest absolute Gasteiger partial charge is 0.396 e. The summed E-state index contributed by atoms with van der Waals surface area (Å²) in [5.41, 5.74) is 2.81. The molecule has 1 fully saturated rings. The molecule has 3 aromatic rings. The van der Waals surface area contributed by atoms with E-state index < -0.39 is 0 Å². The normalized spacial score (nSPS) is 19.0. The summed E-state index contributed by atoms with van der Waals surface area (Å²) in [7, 11) is 0. The Bertz CT molecular complexity index is 956. The summed E-state index contributed by atoms with van der Waals surface area (Å²) in [6.07, 6.45) is 7.36. The number of nitrogens with zero attached hydrogens (tertiary/aromatic N) is 3. The molecule has 0 spiro atoms. The lowest BCUT2D eigenvalue weighted by Crippen LogP contribution is -2.48. The molecule has 1 atom stereocenters. The molecular formula is C25H29N3O2. The zero-order chi connectivity index (χ0) is 20.8. The van der Waals surface area contributed by atoms with Gasteiger partial charge in [-0.15, -0.1) is 0 Å². The Kier molecular flexibility index (Phi) is 6.29. The average molecular weight is 404 g/mol. The molecule has 0 radical (unpaired) electrons. The topological polar surface area (TPSA) is 58.4 Å². The van der Waals surface area contributed by atoms with Crippen molar-refractivity contribution in [2.45, 2.75) is 32.2 Å². The van der Waals surface area contributed by atoms with Gasteiger partial charge in [-0.05, 0) is 55.0 Å². The molecule has 30 heavy (non-hydrogen) atoms. The molecule has 0 aliphatic carbocycles. The van der Waals surface area contributed by atoms with Crippen LogP contribution in [0.2, 0.25) is 0 Å². The minimum Gasteiger partial charge on any atom is -0.396 e. The second-order valence-electron chi connectivity index (χ2n) is 8.38. The number of aromatic nitrogens is 2. The van der Waals surface area contributed by atoms with Crippen LogP contribution in [0.1, 0.15) is 40.7 Å². The van der Waals surface area contributed by atoms with E-state index in [1.54, 1.807) is 6.20 Å². The zero-order valence-electron chi connectivity index (χ0n) is 17.3. The van der Waals surface area contributed by atoms with E-state index in [1.165, 1.54) is 5.56 Å². The summed E-state index contributed by atoms with van der Waals surface area (Å²) in [6.45, 7) is 2.11. The molecule has 5 heteroatoms. The number of hydrogen-bond donors (Lipinski definition) is 1. The van der Waals surface area contributed by atoms with Gasteiger partial charge in [-0.3, -0.25) is 9.48 Å². The number of benzene rings is 2. The smallest absolute Gasteiger partial charge is 0.253 e. The fourth-order valence-electron chi connectivity index (χ4n) is 4.41. The highest BCUT2D eigenvalue weighted by molar-refractivity contribution is 5.94. The van der Waals surface area contributed by atoms with Crippen LogP contribution in [-0.4, -0.2) is 45.4 Å². The second kappa shape index (κ2) is 9.26. The van der Waals surface area contributed by atoms with E-state index in [9.17, 15) is 9.90 Å². The van der Waals surface area contributed by atoms with E-state index in [4.69, 9.17) is 0 Å². The van der Waals surface area contributed by atoms with Crippen molar-refractivity contribution in [3.63, 3.8) is 0 Å². The van der Waals surface area contributed by atoms with Gasteiger partial charge in [-0.25, -0.2) is 0 Å². The van der Waals surface area contributed by atoms with Gasteiger partial charge in [0.05, 0.1) is 13.2 Å². The molecule has 156 valence electrons. The van der Waals surface area contributed by atoms with Gasteiger partial charge in [-0.2, -0.15) is 5.10 Å². The molecule has 1 aromatic heterocycles. The summed E-state index contributed by atoms with van der Waals surface area (Å²) in [5.74, 6) is 0.0505. The molecule has 2 aromatic carbocycles. The van der Waals surface area contributed by atoms with Crippen LogP contribution < -0.4 is 0 Å². The predicted molar refractivity (Wildman–Crippen MR) is 117 cm³/mol. The zero-order valence-corrected chi connectivity index (χ0v) is 17.3. The number of aliphatic hydroxyl groups excluding tert-OH is 1. The Morgan fingerprint density at radius 1 is 1.07 bits per heavy atom. The fourth-order valence-corrected chi connectivity index (χ4v) is 4.41. The van der Waals surface area contributed by atoms with E-state index in [0.29, 0.717) is 18.7 Å². The first-order valence-electron chi connectivity index (χ1n) is 10.7. The van der Waals surface area contributed by atoms with Crippen molar-refractivity contribution in [3.05, 3.63) is 89.7 Å². The van der Waals surface area contributed by atoms with Crippen LogP contribution in [0.5, 0.6) is 0 Å². The number of carbonyl (C=O) groups is 1. The van der Waals surface area contributed by atoms with E-state index in [0.717, 1.165) is 37.8 Å². The van der Waals surface area contributed by atoms with Crippen molar-refractivity contribution in [1.29, 1.82) is 0 Å². The summed E-state index contributed by atoms with van der Waals surface area (Å²) >= 11 is 0. The molecule has 1 aliphatic rings. The number of piperidine rings is 1. The maximum atomic E-state index is 13.3. The number of aryl methyl sites for hydroxylation is 1. The van der Waals surface area contributed by atoms with Crippen molar-refractivity contribution in [2.75, 3.05) is 19.7 Å². The molecule has 2 heterocycles. The predicted octanol–water partition coefficient (Wildman–Crippen LogP) is 3.78. The van der Waals surface area contributed by atoms with Crippen molar-refractivity contribution in [2.24, 2.45) is 5.41 Å². The van der Waals surface area contributed by atoms with Crippen LogP contribution in [0.4, 0.5) is 0 Å². The highest BCUT2D eigenvalue weighted by atomic mass is 16.3. The van der Waals surface area contributed by atoms with Gasteiger partial charge in [0.15, 0.2) is 0 Å². The summed E-state index contributed by atoms with van der Waals surface area (Å²) in [6, 6.07) is 20.1. The third-order valence-electron chi connectivity index (χ3n) is 6.15. The molecule has 5 nitrogen and oxygen atoms in total. The number of amides is 1. The lowest BCUT2D eigenvalue weighted by atomic mass is 9.76. The minimum absolute atomic E-state index is 0.0505. The third kappa shape index (κ3) is 4.79. The highest BCUT2D eigenvalue weighted by Crippen LogP contribution is 2.35. The SMILES string of the molecule is O=C(c1cccc(Cn2cccn2)c1)N1CCC[C@@](CO)(CCc2ccccc2)C1. The number of likely N-dealkylation sites (tertiary alicyclic amines) is 1. The van der Waals surface area contributed by atoms with Gasteiger partial charge in [-0.1, -0.05) is 42.5 Å². The average Bonchev–Trinajstić information content (AvgIpc) is 3.31. The summed E-state index contributed by atoms with van der Waals surface area (Å²) in [5, 5.41) is 14.5. The van der Waals surface area contributed by atoms with E-state index in [1.807, 2.05) is 64.3 Å². The second-order valence-corrected chi connectivity index (χ2v) is 8.38. The minimum atomic E-state index is -0.226. The van der Waals surface area contributed by atoms with E-state index in [-0.39, 0.29) is 17.9 Å². The van der Waals surface area contributed by atoms with Crippen LogP contribution in [0.25, 0.3) is 0 Å². The highest BCUT2D eigenvalue weighted by Gasteiger charge is 2.36. The Balaban J connectivity index is 1.44. The lowest BCUT2D eigenvalue weighted by Gasteiger charge is -2.42. The number of aliphatic hydroxyl groups is 1. The van der Waals surface area contributed by atoms with Crippen molar-refractivity contribution < 1.29 is 9.90 Å². The first kappa shape index (κ1) is 20.4. The molecule has 1 N–H and O–H groups in total. The lowest BCUT2D eigenvalue weighted by molar-refractivity contribution is 0.0228. The maximum Gasteiger partial charge on any atom is 0.253 e. The van der Waals surface area contributed by atoms with E-state index in [2.05, 4.69) is 17.2 Å². The summed E-state index contributed by atoms with van der Waals surface area (Å²) < 4.78 is 1.85. The van der Waals surface area contributed by atoms with Gasteiger partial charge < -0.3 is 10.0 Å². The van der Waals surface area contributed by atoms with Crippen LogP contribution >= 0.6 is 0 Å². The number of carbonyl (C=O) groups excluding carboxylic acids is 1. The molecule has 1 aliphatic heterocycles. The summed E-state index contributed by atoms with van der Waals surface area (Å²) in [4.78, 5) is 15.2. The molecule has 0 bridgehead atoms. The first-order chi connectivity index (χ1) is 14.7. The third-order valence-corrected chi connectivity index (χ3v) is 6.15. The molecule has 0 unspecified atom stereocenters. The van der Waals surface area contributed by atoms with Gasteiger partial charge in [0.2, 0.25) is 0 Å². The van der Waals surface area contributed by atoms with Crippen molar-refractivity contribution in [3.8, 4) is 0 Å². The van der Waals surface area contributed by atoms with Crippen molar-refractivity contribution in [1.82, 2.24) is 14.7 Å². The molecule has 4 rings (SSSR count). The maximum absolute atomic E-state index is 13.3. The fraction of sp³-hybridized carbons (Fsp3) is 0.360.